The van der Waals surface area contributed by atoms with Crippen molar-refractivity contribution < 1.29 is 0 Å². The lowest BCUT2D eigenvalue weighted by molar-refractivity contribution is 0.754. The molecule has 0 spiro atoms. The molecule has 0 aliphatic carbocycles. The molecule has 34 heavy (non-hydrogen) atoms. The van der Waals surface area contributed by atoms with Crippen LogP contribution >= 0.6 is 11.6 Å². The Bertz CT molecular complexity index is 1610. The Labute approximate surface area is 202 Å². The van der Waals surface area contributed by atoms with Crippen molar-refractivity contribution in [1.29, 1.82) is 5.26 Å². The van der Waals surface area contributed by atoms with Crippen LogP contribution in [0.5, 0.6) is 0 Å². The number of pyridine rings is 1. The number of rotatable bonds is 5. The van der Waals surface area contributed by atoms with Crippen molar-refractivity contribution in [2.75, 3.05) is 0 Å². The molecule has 166 valence electrons. The highest BCUT2D eigenvalue weighted by Gasteiger charge is 2.11. The van der Waals surface area contributed by atoms with E-state index in [-0.39, 0.29) is 5.56 Å². The maximum absolute atomic E-state index is 12.6. The van der Waals surface area contributed by atoms with Crippen molar-refractivity contribution >= 4 is 22.5 Å². The van der Waals surface area contributed by atoms with Crippen LogP contribution in [0.4, 0.5) is 0 Å². The van der Waals surface area contributed by atoms with Crippen molar-refractivity contribution in [3.63, 3.8) is 0 Å². The second-order valence-corrected chi connectivity index (χ2v) is 8.75. The van der Waals surface area contributed by atoms with E-state index in [1.54, 1.807) is 17.7 Å². The second-order valence-electron chi connectivity index (χ2n) is 8.32. The molecule has 0 N–H and O–H groups in total. The highest BCUT2D eigenvalue weighted by Crippen LogP contribution is 2.30. The van der Waals surface area contributed by atoms with Gasteiger partial charge in [0.1, 0.15) is 0 Å². The lowest BCUT2D eigenvalue weighted by Crippen LogP contribution is -2.16. The zero-order valence-electron chi connectivity index (χ0n) is 18.6. The van der Waals surface area contributed by atoms with E-state index < -0.39 is 0 Å². The van der Waals surface area contributed by atoms with E-state index in [4.69, 9.17) is 16.9 Å². The van der Waals surface area contributed by atoms with E-state index in [0.717, 1.165) is 45.3 Å². The average molecular weight is 465 g/mol. The monoisotopic (exact) mass is 464 g/mol. The molecule has 0 fully saturated rings. The molecular weight excluding hydrogens is 444 g/mol. The fourth-order valence-corrected chi connectivity index (χ4v) is 4.43. The molecule has 0 bridgehead atoms. The molecular formula is C28H21ClN4O. The molecule has 2 heterocycles. The normalized spacial score (nSPS) is 11.0. The Morgan fingerprint density at radius 2 is 1.79 bits per heavy atom. The predicted octanol–water partition coefficient (Wildman–Crippen LogP) is 5.57. The fourth-order valence-electron chi connectivity index (χ4n) is 4.24. The van der Waals surface area contributed by atoms with Crippen LogP contribution in [0, 0.1) is 11.3 Å². The number of benzene rings is 3. The van der Waals surface area contributed by atoms with Crippen LogP contribution in [0.1, 0.15) is 22.4 Å². The molecule has 5 aromatic rings. The third-order valence-electron chi connectivity index (χ3n) is 6.07. The van der Waals surface area contributed by atoms with Gasteiger partial charge in [0.15, 0.2) is 0 Å². The quantitative estimate of drug-likeness (QED) is 0.341. The minimum atomic E-state index is -0.0606. The van der Waals surface area contributed by atoms with Gasteiger partial charge in [0.25, 0.3) is 5.56 Å². The first-order valence-corrected chi connectivity index (χ1v) is 11.3. The molecule has 2 aromatic heterocycles. The van der Waals surface area contributed by atoms with Gasteiger partial charge < -0.3 is 9.13 Å². The van der Waals surface area contributed by atoms with Gasteiger partial charge in [-0.15, -0.1) is 0 Å². The number of nitrogens with zero attached hydrogens (tertiary/aromatic N) is 4. The van der Waals surface area contributed by atoms with Gasteiger partial charge in [0, 0.05) is 48.4 Å². The highest BCUT2D eigenvalue weighted by atomic mass is 35.5. The molecule has 6 heteroatoms. The summed E-state index contributed by atoms with van der Waals surface area (Å²) in [5.41, 5.74) is 6.55. The number of halogens is 1. The number of aryl methyl sites for hydroxylation is 1. The van der Waals surface area contributed by atoms with Gasteiger partial charge >= 0.3 is 0 Å². The number of fused-ring (bicyclic) bond motifs is 1. The molecule has 0 aliphatic rings. The summed E-state index contributed by atoms with van der Waals surface area (Å²) < 4.78 is 3.79. The van der Waals surface area contributed by atoms with Gasteiger partial charge in [-0.2, -0.15) is 5.26 Å². The summed E-state index contributed by atoms with van der Waals surface area (Å²) in [5.74, 6) is 0. The Hall–Kier alpha value is -4.14. The van der Waals surface area contributed by atoms with Crippen LogP contribution < -0.4 is 5.56 Å². The van der Waals surface area contributed by atoms with Crippen molar-refractivity contribution in [1.82, 2.24) is 14.1 Å². The largest absolute Gasteiger partial charge is 0.330 e. The van der Waals surface area contributed by atoms with E-state index in [1.165, 1.54) is 0 Å². The summed E-state index contributed by atoms with van der Waals surface area (Å²) in [6, 6.07) is 25.2. The van der Waals surface area contributed by atoms with Crippen molar-refractivity contribution in [2.45, 2.75) is 13.0 Å². The third kappa shape index (κ3) is 4.24. The van der Waals surface area contributed by atoms with Crippen LogP contribution in [-0.2, 0) is 20.0 Å². The molecule has 0 unspecified atom stereocenters. The molecule has 0 aliphatic heterocycles. The third-order valence-corrected chi connectivity index (χ3v) is 6.30. The number of nitriles is 1. The molecule has 3 aromatic carbocycles. The first kappa shape index (κ1) is 21.7. The molecule has 0 saturated carbocycles. The lowest BCUT2D eigenvalue weighted by atomic mass is 9.99. The Morgan fingerprint density at radius 3 is 2.56 bits per heavy atom. The molecule has 0 radical (unpaired) electrons. The van der Waals surface area contributed by atoms with Gasteiger partial charge in [-0.25, -0.2) is 4.98 Å². The van der Waals surface area contributed by atoms with Gasteiger partial charge in [-0.3, -0.25) is 4.79 Å². The molecule has 0 amide bonds. The molecule has 5 rings (SSSR count). The SMILES string of the molecule is Cn1c(=O)cc(-c2cccc(Cl)c2)c2cc(Cn3cncc3Cc3ccc(C#N)cc3)ccc21. The van der Waals surface area contributed by atoms with Crippen LogP contribution in [0.2, 0.25) is 5.02 Å². The average Bonchev–Trinajstić information content (AvgIpc) is 3.28. The van der Waals surface area contributed by atoms with Crippen LogP contribution in [0.15, 0.2) is 90.1 Å². The fraction of sp³-hybridized carbons (Fsp3) is 0.107. The summed E-state index contributed by atoms with van der Waals surface area (Å²) >= 11 is 6.23. The first-order chi connectivity index (χ1) is 16.5. The van der Waals surface area contributed by atoms with E-state index in [0.29, 0.717) is 17.1 Å². The Kier molecular flexibility index (Phi) is 5.75. The molecule has 0 atom stereocenters. The topological polar surface area (TPSA) is 63.6 Å². The summed E-state index contributed by atoms with van der Waals surface area (Å²) in [7, 11) is 1.79. The number of imidazole rings is 1. The van der Waals surface area contributed by atoms with Crippen molar-refractivity contribution in [3.8, 4) is 17.2 Å². The Morgan fingerprint density at radius 1 is 1.00 bits per heavy atom. The van der Waals surface area contributed by atoms with Gasteiger partial charge in [-0.05, 0) is 58.7 Å². The van der Waals surface area contributed by atoms with Gasteiger partial charge in [0.2, 0.25) is 0 Å². The second kappa shape index (κ2) is 9.01. The minimum Gasteiger partial charge on any atom is -0.330 e. The summed E-state index contributed by atoms with van der Waals surface area (Å²) in [4.78, 5) is 17.0. The predicted molar refractivity (Wildman–Crippen MR) is 135 cm³/mol. The van der Waals surface area contributed by atoms with E-state index >= 15 is 0 Å². The Balaban J connectivity index is 1.52. The van der Waals surface area contributed by atoms with Crippen molar-refractivity contribution in [2.24, 2.45) is 7.05 Å². The number of hydrogen-bond acceptors (Lipinski definition) is 3. The maximum atomic E-state index is 12.6. The van der Waals surface area contributed by atoms with Crippen LogP contribution in [0.3, 0.4) is 0 Å². The standard InChI is InChI=1S/C28H21ClN4O/c1-32-27-10-9-21(12-26(27)25(14-28(32)34)22-3-2-4-23(29)13-22)17-33-18-31-16-24(33)11-19-5-7-20(15-30)8-6-19/h2-10,12-14,16,18H,11,17H2,1H3. The lowest BCUT2D eigenvalue weighted by Gasteiger charge is -2.14. The van der Waals surface area contributed by atoms with E-state index in [1.807, 2.05) is 67.1 Å². The number of aromatic nitrogens is 3. The maximum Gasteiger partial charge on any atom is 0.251 e. The van der Waals surface area contributed by atoms with E-state index in [9.17, 15) is 4.79 Å². The highest BCUT2D eigenvalue weighted by molar-refractivity contribution is 6.30. The summed E-state index contributed by atoms with van der Waals surface area (Å²) in [5, 5.41) is 10.6. The van der Waals surface area contributed by atoms with Crippen LogP contribution in [0.25, 0.3) is 22.0 Å². The van der Waals surface area contributed by atoms with Crippen LogP contribution in [-0.4, -0.2) is 14.1 Å². The van der Waals surface area contributed by atoms with E-state index in [2.05, 4.69) is 27.8 Å². The van der Waals surface area contributed by atoms with Crippen molar-refractivity contribution in [3.05, 3.63) is 123 Å². The van der Waals surface area contributed by atoms with Gasteiger partial charge in [0.05, 0.1) is 23.5 Å². The zero-order valence-corrected chi connectivity index (χ0v) is 19.3. The summed E-state index contributed by atoms with van der Waals surface area (Å²) in [6.45, 7) is 0.652. The first-order valence-electron chi connectivity index (χ1n) is 10.9. The molecule has 0 saturated heterocycles. The van der Waals surface area contributed by atoms with Gasteiger partial charge in [-0.1, -0.05) is 41.9 Å². The minimum absolute atomic E-state index is 0.0606. The smallest absolute Gasteiger partial charge is 0.251 e. The number of hydrogen-bond donors (Lipinski definition) is 0. The molecule has 5 nitrogen and oxygen atoms in total. The zero-order chi connectivity index (χ0) is 23.7. The summed E-state index contributed by atoms with van der Waals surface area (Å²) in [6.07, 6.45) is 4.43.